The van der Waals surface area contributed by atoms with Crippen molar-refractivity contribution in [3.05, 3.63) is 30.0 Å². The summed E-state index contributed by atoms with van der Waals surface area (Å²) >= 11 is 0. The Kier molecular flexibility index (Phi) is 3.01. The smallest absolute Gasteiger partial charge is 0.363 e. The summed E-state index contributed by atoms with van der Waals surface area (Å²) in [7, 11) is 0. The van der Waals surface area contributed by atoms with E-state index in [0.717, 1.165) is 12.4 Å². The summed E-state index contributed by atoms with van der Waals surface area (Å²) in [5.74, 6) is -0.133. The molecule has 18 heavy (non-hydrogen) atoms. The number of aliphatic hydroxyl groups is 2. The maximum Gasteiger partial charge on any atom is 0.432 e. The second-order valence-corrected chi connectivity index (χ2v) is 3.35. The van der Waals surface area contributed by atoms with Crippen molar-refractivity contribution in [2.75, 3.05) is 0 Å². The quantitative estimate of drug-likeness (QED) is 0.696. The Balaban J connectivity index is 2.37. The molecule has 0 saturated heterocycles. The fourth-order valence-electron chi connectivity index (χ4n) is 1.24. The van der Waals surface area contributed by atoms with Gasteiger partial charge in [0.15, 0.2) is 12.1 Å². The minimum Gasteiger partial charge on any atom is -0.363 e. The van der Waals surface area contributed by atoms with Crippen LogP contribution >= 0.6 is 0 Å². The molecular weight excluding hydrogens is 253 g/mol. The van der Waals surface area contributed by atoms with Crippen LogP contribution in [-0.4, -0.2) is 30.1 Å². The summed E-state index contributed by atoms with van der Waals surface area (Å²) in [6.07, 6.45) is -4.73. The molecule has 0 bridgehead atoms. The summed E-state index contributed by atoms with van der Waals surface area (Å²) in [6.45, 7) is 0. The Hall–Kier alpha value is -2.00. The maximum atomic E-state index is 12.3. The van der Waals surface area contributed by atoms with E-state index in [2.05, 4.69) is 15.0 Å². The van der Waals surface area contributed by atoms with Crippen molar-refractivity contribution >= 4 is 0 Å². The van der Waals surface area contributed by atoms with Gasteiger partial charge in [0.25, 0.3) is 0 Å². The van der Waals surface area contributed by atoms with E-state index in [1.54, 1.807) is 0 Å². The number of aromatic nitrogens is 4. The van der Waals surface area contributed by atoms with Gasteiger partial charge in [-0.3, -0.25) is 0 Å². The van der Waals surface area contributed by atoms with Gasteiger partial charge in [0.2, 0.25) is 0 Å². The van der Waals surface area contributed by atoms with Crippen LogP contribution in [-0.2, 0) is 6.18 Å². The Morgan fingerprint density at radius 2 is 1.89 bits per heavy atom. The van der Waals surface area contributed by atoms with Gasteiger partial charge in [0.1, 0.15) is 17.7 Å². The second kappa shape index (κ2) is 4.35. The van der Waals surface area contributed by atoms with Gasteiger partial charge in [0, 0.05) is 0 Å². The summed E-state index contributed by atoms with van der Waals surface area (Å²) in [5, 5.41) is 17.8. The molecule has 6 nitrogen and oxygen atoms in total. The normalized spacial score (nSPS) is 12.1. The molecule has 0 spiro atoms. The molecule has 2 heterocycles. The highest BCUT2D eigenvalue weighted by Crippen LogP contribution is 2.29. The van der Waals surface area contributed by atoms with Gasteiger partial charge in [-0.2, -0.15) is 13.2 Å². The first kappa shape index (κ1) is 12.5. The number of imidazole rings is 1. The average molecular weight is 260 g/mol. The summed E-state index contributed by atoms with van der Waals surface area (Å²) < 4.78 is 37.0. The maximum absolute atomic E-state index is 12.3. The molecule has 96 valence electrons. The Morgan fingerprint density at radius 1 is 1.17 bits per heavy atom. The molecule has 0 fully saturated rings. The number of nitrogens with one attached hydrogen (secondary N) is 1. The van der Waals surface area contributed by atoms with E-state index in [-0.39, 0.29) is 17.2 Å². The van der Waals surface area contributed by atoms with E-state index in [4.69, 9.17) is 10.2 Å². The zero-order chi connectivity index (χ0) is 13.3. The molecule has 2 aromatic heterocycles. The third-order valence-electron chi connectivity index (χ3n) is 2.08. The van der Waals surface area contributed by atoms with Crippen LogP contribution in [0.4, 0.5) is 13.2 Å². The number of alkyl halides is 3. The third kappa shape index (κ3) is 2.46. The molecule has 3 N–H and O–H groups in total. The lowest BCUT2D eigenvalue weighted by atomic mass is 10.3. The van der Waals surface area contributed by atoms with Crippen molar-refractivity contribution in [1.29, 1.82) is 0 Å². The van der Waals surface area contributed by atoms with Crippen LogP contribution in [0.1, 0.15) is 17.7 Å². The van der Waals surface area contributed by atoms with E-state index >= 15 is 0 Å². The first-order valence-corrected chi connectivity index (χ1v) is 4.68. The van der Waals surface area contributed by atoms with Gasteiger partial charge < -0.3 is 15.2 Å². The zero-order valence-electron chi connectivity index (χ0n) is 8.68. The number of hydrogen-bond donors (Lipinski definition) is 3. The molecular formula is C9H7F3N4O2. The number of aromatic amines is 1. The highest BCUT2D eigenvalue weighted by Gasteiger charge is 2.33. The van der Waals surface area contributed by atoms with Crippen LogP contribution in [0.15, 0.2) is 18.6 Å². The number of hydrogen-bond acceptors (Lipinski definition) is 5. The molecule has 0 amide bonds. The molecule has 0 saturated carbocycles. The number of nitrogens with zero attached hydrogens (tertiary/aromatic N) is 3. The van der Waals surface area contributed by atoms with Crippen molar-refractivity contribution in [2.24, 2.45) is 0 Å². The number of rotatable bonds is 2. The van der Waals surface area contributed by atoms with E-state index in [9.17, 15) is 13.2 Å². The molecule has 2 aromatic rings. The lowest BCUT2D eigenvalue weighted by molar-refractivity contribution is -0.140. The highest BCUT2D eigenvalue weighted by atomic mass is 19.4. The minimum absolute atomic E-state index is 0.0311. The van der Waals surface area contributed by atoms with Crippen LogP contribution < -0.4 is 0 Å². The molecule has 0 atom stereocenters. The standard InChI is InChI=1S/C9H7F3N4O2/c10-9(11,12)6-2-13-7(16-6)4-1-5(8(17)18)15-3-14-4/h1-3,8,17-18H,(H,13,16). The molecule has 0 unspecified atom stereocenters. The SMILES string of the molecule is OC(O)c1cc(-c2ncc(C(F)(F)F)[nH]2)ncn1. The number of halogens is 3. The van der Waals surface area contributed by atoms with Crippen LogP contribution in [0.3, 0.4) is 0 Å². The van der Waals surface area contributed by atoms with E-state index in [0.29, 0.717) is 6.20 Å². The van der Waals surface area contributed by atoms with Gasteiger partial charge in [-0.25, -0.2) is 15.0 Å². The van der Waals surface area contributed by atoms with Gasteiger partial charge in [-0.1, -0.05) is 0 Å². The Morgan fingerprint density at radius 3 is 2.44 bits per heavy atom. The van der Waals surface area contributed by atoms with Crippen LogP contribution in [0, 0.1) is 0 Å². The van der Waals surface area contributed by atoms with Crippen LogP contribution in [0.5, 0.6) is 0 Å². The monoisotopic (exact) mass is 260 g/mol. The molecule has 9 heteroatoms. The van der Waals surface area contributed by atoms with Crippen molar-refractivity contribution in [1.82, 2.24) is 19.9 Å². The lowest BCUT2D eigenvalue weighted by Crippen LogP contribution is -2.05. The fourth-order valence-corrected chi connectivity index (χ4v) is 1.24. The van der Waals surface area contributed by atoms with E-state index in [1.807, 2.05) is 4.98 Å². The summed E-state index contributed by atoms with van der Waals surface area (Å²) in [4.78, 5) is 12.8. The fraction of sp³-hybridized carbons (Fsp3) is 0.222. The number of aliphatic hydroxyl groups excluding tert-OH is 1. The van der Waals surface area contributed by atoms with Crippen LogP contribution in [0.25, 0.3) is 11.5 Å². The van der Waals surface area contributed by atoms with E-state index < -0.39 is 18.2 Å². The van der Waals surface area contributed by atoms with Crippen molar-refractivity contribution in [3.63, 3.8) is 0 Å². The molecule has 0 aliphatic rings. The predicted molar refractivity (Wildman–Crippen MR) is 51.8 cm³/mol. The zero-order valence-corrected chi connectivity index (χ0v) is 8.68. The average Bonchev–Trinajstić information content (AvgIpc) is 2.78. The van der Waals surface area contributed by atoms with Crippen molar-refractivity contribution in [3.8, 4) is 11.5 Å². The lowest BCUT2D eigenvalue weighted by Gasteiger charge is -2.03. The van der Waals surface area contributed by atoms with Gasteiger partial charge in [-0.15, -0.1) is 0 Å². The third-order valence-corrected chi connectivity index (χ3v) is 2.08. The summed E-state index contributed by atoms with van der Waals surface area (Å²) in [5.41, 5.74) is -1.12. The number of H-pyrrole nitrogens is 1. The topological polar surface area (TPSA) is 94.9 Å². The Bertz CT molecular complexity index is 553. The van der Waals surface area contributed by atoms with Crippen LogP contribution in [0.2, 0.25) is 0 Å². The molecule has 2 rings (SSSR count). The largest absolute Gasteiger partial charge is 0.432 e. The Labute approximate surface area is 98.2 Å². The van der Waals surface area contributed by atoms with E-state index in [1.165, 1.54) is 0 Å². The minimum atomic E-state index is -4.53. The second-order valence-electron chi connectivity index (χ2n) is 3.35. The highest BCUT2D eigenvalue weighted by molar-refractivity contribution is 5.49. The molecule has 0 aromatic carbocycles. The van der Waals surface area contributed by atoms with Gasteiger partial charge in [0.05, 0.1) is 11.9 Å². The first-order valence-electron chi connectivity index (χ1n) is 4.68. The van der Waals surface area contributed by atoms with Gasteiger partial charge in [-0.05, 0) is 6.07 Å². The summed E-state index contributed by atoms with van der Waals surface area (Å²) in [6, 6.07) is 1.13. The first-order chi connectivity index (χ1) is 8.38. The molecule has 0 aliphatic carbocycles. The molecule has 0 radical (unpaired) electrons. The van der Waals surface area contributed by atoms with Crippen molar-refractivity contribution < 1.29 is 23.4 Å². The molecule has 0 aliphatic heterocycles. The predicted octanol–water partition coefficient (Wildman–Crippen LogP) is 0.869. The van der Waals surface area contributed by atoms with Crippen molar-refractivity contribution in [2.45, 2.75) is 12.5 Å². The van der Waals surface area contributed by atoms with Gasteiger partial charge >= 0.3 is 6.18 Å².